The molecule has 0 heterocycles. The fraction of sp³-hybridized carbons (Fsp3) is 0.143. The predicted octanol–water partition coefficient (Wildman–Crippen LogP) is 5.31. The summed E-state index contributed by atoms with van der Waals surface area (Å²) < 4.78 is 5.67. The van der Waals surface area contributed by atoms with E-state index in [0.717, 1.165) is 16.9 Å². The van der Waals surface area contributed by atoms with Crippen LogP contribution in [0.5, 0.6) is 5.75 Å². The van der Waals surface area contributed by atoms with Crippen LogP contribution < -0.4 is 4.74 Å². The molecule has 0 saturated carbocycles. The maximum atomic E-state index is 6.07. The fourth-order valence-electron chi connectivity index (χ4n) is 1.52. The summed E-state index contributed by atoms with van der Waals surface area (Å²) >= 11 is 17.7. The lowest BCUT2D eigenvalue weighted by molar-refractivity contribution is 0.306. The molecule has 0 amide bonds. The van der Waals surface area contributed by atoms with Crippen molar-refractivity contribution in [1.29, 1.82) is 0 Å². The van der Waals surface area contributed by atoms with Crippen LogP contribution in [0.25, 0.3) is 0 Å². The Labute approximate surface area is 121 Å². The lowest BCUT2D eigenvalue weighted by Gasteiger charge is -2.08. The standard InChI is InChI=1S/C14H11Cl3O/c15-8-10-2-1-3-13(6-10)18-9-11-4-5-12(16)7-14(11)17/h1-7H,8-9H2. The molecule has 1 nitrogen and oxygen atoms in total. The highest BCUT2D eigenvalue weighted by Gasteiger charge is 2.03. The quantitative estimate of drug-likeness (QED) is 0.695. The number of ether oxygens (including phenoxy) is 1. The molecule has 0 atom stereocenters. The van der Waals surface area contributed by atoms with Crippen molar-refractivity contribution in [2.45, 2.75) is 12.5 Å². The zero-order valence-electron chi connectivity index (χ0n) is 9.50. The molecule has 18 heavy (non-hydrogen) atoms. The molecule has 2 aromatic rings. The van der Waals surface area contributed by atoms with E-state index < -0.39 is 0 Å². The molecule has 0 fully saturated rings. The number of hydrogen-bond acceptors (Lipinski definition) is 1. The van der Waals surface area contributed by atoms with Crippen LogP contribution in [-0.4, -0.2) is 0 Å². The van der Waals surface area contributed by atoms with Crippen LogP contribution >= 0.6 is 34.8 Å². The minimum Gasteiger partial charge on any atom is -0.489 e. The van der Waals surface area contributed by atoms with Gasteiger partial charge in [-0.15, -0.1) is 11.6 Å². The Hall–Kier alpha value is -0.890. The van der Waals surface area contributed by atoms with Gasteiger partial charge in [-0.25, -0.2) is 0 Å². The van der Waals surface area contributed by atoms with E-state index in [4.69, 9.17) is 39.5 Å². The summed E-state index contributed by atoms with van der Waals surface area (Å²) in [7, 11) is 0. The number of benzene rings is 2. The lowest BCUT2D eigenvalue weighted by atomic mass is 10.2. The van der Waals surface area contributed by atoms with E-state index in [2.05, 4.69) is 0 Å². The maximum Gasteiger partial charge on any atom is 0.120 e. The van der Waals surface area contributed by atoms with E-state index >= 15 is 0 Å². The largest absolute Gasteiger partial charge is 0.489 e. The van der Waals surface area contributed by atoms with Crippen molar-refractivity contribution < 1.29 is 4.74 Å². The number of hydrogen-bond donors (Lipinski definition) is 0. The predicted molar refractivity (Wildman–Crippen MR) is 76.8 cm³/mol. The average Bonchev–Trinajstić information content (AvgIpc) is 2.38. The minimum atomic E-state index is 0.405. The molecule has 0 bridgehead atoms. The Bertz CT molecular complexity index is 540. The molecule has 0 aromatic heterocycles. The smallest absolute Gasteiger partial charge is 0.120 e. The second-order valence-corrected chi connectivity index (χ2v) is 4.92. The Morgan fingerprint density at radius 3 is 2.56 bits per heavy atom. The molecule has 0 N–H and O–H groups in total. The monoisotopic (exact) mass is 300 g/mol. The first kappa shape index (κ1) is 13.5. The highest BCUT2D eigenvalue weighted by atomic mass is 35.5. The zero-order chi connectivity index (χ0) is 13.0. The number of halogens is 3. The van der Waals surface area contributed by atoms with Gasteiger partial charge < -0.3 is 4.74 Å². The van der Waals surface area contributed by atoms with Gasteiger partial charge in [-0.3, -0.25) is 0 Å². The third-order valence-corrected chi connectivity index (χ3v) is 3.36. The summed E-state index contributed by atoms with van der Waals surface area (Å²) in [6, 6.07) is 13.0. The minimum absolute atomic E-state index is 0.405. The van der Waals surface area contributed by atoms with Gasteiger partial charge in [0.05, 0.1) is 0 Å². The summed E-state index contributed by atoms with van der Waals surface area (Å²) in [5, 5.41) is 1.23. The topological polar surface area (TPSA) is 9.23 Å². The van der Waals surface area contributed by atoms with Gasteiger partial charge in [0, 0.05) is 21.5 Å². The highest BCUT2D eigenvalue weighted by molar-refractivity contribution is 6.35. The Morgan fingerprint density at radius 1 is 1.00 bits per heavy atom. The normalized spacial score (nSPS) is 10.4. The molecule has 0 spiro atoms. The summed E-state index contributed by atoms with van der Waals surface area (Å²) in [6.45, 7) is 0.405. The van der Waals surface area contributed by atoms with Crippen LogP contribution in [0.4, 0.5) is 0 Å². The molecule has 0 aliphatic rings. The number of alkyl halides is 1. The van der Waals surface area contributed by atoms with Gasteiger partial charge in [0.2, 0.25) is 0 Å². The summed E-state index contributed by atoms with van der Waals surface area (Å²) in [5.41, 5.74) is 1.92. The third-order valence-electron chi connectivity index (χ3n) is 2.46. The van der Waals surface area contributed by atoms with Crippen molar-refractivity contribution in [2.75, 3.05) is 0 Å². The van der Waals surface area contributed by atoms with E-state index in [9.17, 15) is 0 Å². The van der Waals surface area contributed by atoms with E-state index in [1.54, 1.807) is 12.1 Å². The van der Waals surface area contributed by atoms with Crippen LogP contribution in [0.2, 0.25) is 10.0 Å². The molecular weight excluding hydrogens is 291 g/mol. The second kappa shape index (κ2) is 6.33. The summed E-state index contributed by atoms with van der Waals surface area (Å²) in [4.78, 5) is 0. The van der Waals surface area contributed by atoms with Crippen molar-refractivity contribution in [3.63, 3.8) is 0 Å². The molecular formula is C14H11Cl3O. The van der Waals surface area contributed by atoms with Crippen LogP contribution in [-0.2, 0) is 12.5 Å². The highest BCUT2D eigenvalue weighted by Crippen LogP contribution is 2.23. The molecule has 94 valence electrons. The van der Waals surface area contributed by atoms with Crippen LogP contribution in [0.1, 0.15) is 11.1 Å². The first-order chi connectivity index (χ1) is 8.69. The van der Waals surface area contributed by atoms with Crippen molar-refractivity contribution in [2.24, 2.45) is 0 Å². The second-order valence-electron chi connectivity index (χ2n) is 3.81. The van der Waals surface area contributed by atoms with E-state index in [1.165, 1.54) is 0 Å². The molecule has 2 aromatic carbocycles. The Morgan fingerprint density at radius 2 is 1.83 bits per heavy atom. The summed E-state index contributed by atoms with van der Waals surface area (Å²) in [5.74, 6) is 1.25. The van der Waals surface area contributed by atoms with Crippen molar-refractivity contribution >= 4 is 34.8 Å². The van der Waals surface area contributed by atoms with E-state index in [1.807, 2.05) is 30.3 Å². The zero-order valence-corrected chi connectivity index (χ0v) is 11.8. The maximum absolute atomic E-state index is 6.07. The van der Waals surface area contributed by atoms with Gasteiger partial charge in [-0.1, -0.05) is 41.4 Å². The molecule has 0 radical (unpaired) electrons. The number of rotatable bonds is 4. The van der Waals surface area contributed by atoms with E-state index in [0.29, 0.717) is 22.5 Å². The van der Waals surface area contributed by atoms with Gasteiger partial charge in [0.1, 0.15) is 12.4 Å². The first-order valence-corrected chi connectivity index (χ1v) is 6.69. The van der Waals surface area contributed by atoms with Gasteiger partial charge in [0.25, 0.3) is 0 Å². The van der Waals surface area contributed by atoms with Crippen molar-refractivity contribution in [1.82, 2.24) is 0 Å². The molecule has 4 heteroatoms. The van der Waals surface area contributed by atoms with Crippen molar-refractivity contribution in [3.05, 3.63) is 63.6 Å². The summed E-state index contributed by atoms with van der Waals surface area (Å²) in [6.07, 6.45) is 0. The van der Waals surface area contributed by atoms with Crippen molar-refractivity contribution in [3.8, 4) is 5.75 Å². The fourth-order valence-corrected chi connectivity index (χ4v) is 2.15. The van der Waals surface area contributed by atoms with Crippen LogP contribution in [0.15, 0.2) is 42.5 Å². The van der Waals surface area contributed by atoms with E-state index in [-0.39, 0.29) is 0 Å². The Kier molecular flexibility index (Phi) is 4.76. The molecule has 0 unspecified atom stereocenters. The van der Waals surface area contributed by atoms with Crippen LogP contribution in [0.3, 0.4) is 0 Å². The van der Waals surface area contributed by atoms with Gasteiger partial charge in [0.15, 0.2) is 0 Å². The Balaban J connectivity index is 2.06. The molecule has 0 aliphatic carbocycles. The average molecular weight is 302 g/mol. The molecule has 0 aliphatic heterocycles. The van der Waals surface area contributed by atoms with Gasteiger partial charge in [-0.05, 0) is 29.8 Å². The van der Waals surface area contributed by atoms with Gasteiger partial charge >= 0.3 is 0 Å². The van der Waals surface area contributed by atoms with Gasteiger partial charge in [-0.2, -0.15) is 0 Å². The molecule has 2 rings (SSSR count). The first-order valence-electron chi connectivity index (χ1n) is 5.40. The third kappa shape index (κ3) is 3.55. The molecule has 0 saturated heterocycles. The SMILES string of the molecule is ClCc1cccc(OCc2ccc(Cl)cc2Cl)c1. The van der Waals surface area contributed by atoms with Crippen LogP contribution in [0, 0.1) is 0 Å². The lowest BCUT2D eigenvalue weighted by Crippen LogP contribution is -1.96.